The molecule has 3 nitrogen and oxygen atoms in total. The average Bonchev–Trinajstić information content (AvgIpc) is 2.03. The Balaban J connectivity index is 3.41. The number of rotatable bonds is 6. The van der Waals surface area contributed by atoms with Crippen LogP contribution < -0.4 is 5.32 Å². The first kappa shape index (κ1) is 12.4. The molecule has 13 heavy (non-hydrogen) atoms. The van der Waals surface area contributed by atoms with Crippen molar-refractivity contribution in [3.8, 4) is 0 Å². The van der Waals surface area contributed by atoms with Crippen LogP contribution in [0.25, 0.3) is 0 Å². The Hall–Kier alpha value is -0.570. The standard InChI is InChI=1S/C10H21NO2/c1-5-9(4)13-10(12)7-11-6-8(2)3/h8-9,11H,5-7H2,1-4H3. The van der Waals surface area contributed by atoms with Crippen LogP contribution in [0.15, 0.2) is 0 Å². The second-order valence-corrected chi connectivity index (χ2v) is 3.73. The first-order valence-electron chi connectivity index (χ1n) is 4.96. The molecule has 0 aromatic rings. The highest BCUT2D eigenvalue weighted by molar-refractivity contribution is 5.71. The summed E-state index contributed by atoms with van der Waals surface area (Å²) < 4.78 is 5.08. The third-order valence-electron chi connectivity index (χ3n) is 1.73. The lowest BCUT2D eigenvalue weighted by atomic mass is 10.2. The summed E-state index contributed by atoms with van der Waals surface area (Å²) in [5.74, 6) is 0.409. The van der Waals surface area contributed by atoms with Gasteiger partial charge in [0.1, 0.15) is 0 Å². The number of hydrogen-bond acceptors (Lipinski definition) is 3. The summed E-state index contributed by atoms with van der Waals surface area (Å²) >= 11 is 0. The van der Waals surface area contributed by atoms with Crippen molar-refractivity contribution in [2.24, 2.45) is 5.92 Å². The van der Waals surface area contributed by atoms with Gasteiger partial charge in [-0.05, 0) is 25.8 Å². The molecule has 3 heteroatoms. The maximum atomic E-state index is 11.1. The van der Waals surface area contributed by atoms with E-state index >= 15 is 0 Å². The van der Waals surface area contributed by atoms with Crippen LogP contribution in [0.1, 0.15) is 34.1 Å². The molecule has 0 aliphatic heterocycles. The zero-order valence-electron chi connectivity index (χ0n) is 9.09. The van der Waals surface area contributed by atoms with Crippen LogP contribution in [-0.2, 0) is 9.53 Å². The van der Waals surface area contributed by atoms with Crippen LogP contribution >= 0.6 is 0 Å². The largest absolute Gasteiger partial charge is 0.462 e. The molecule has 0 amide bonds. The van der Waals surface area contributed by atoms with Crippen LogP contribution in [0.5, 0.6) is 0 Å². The highest BCUT2D eigenvalue weighted by Crippen LogP contribution is 1.95. The van der Waals surface area contributed by atoms with E-state index in [1.165, 1.54) is 0 Å². The van der Waals surface area contributed by atoms with Gasteiger partial charge in [0.05, 0.1) is 12.6 Å². The van der Waals surface area contributed by atoms with Crippen LogP contribution in [0, 0.1) is 5.92 Å². The number of carbonyl (C=O) groups is 1. The van der Waals surface area contributed by atoms with Gasteiger partial charge in [-0.15, -0.1) is 0 Å². The lowest BCUT2D eigenvalue weighted by Crippen LogP contribution is -2.29. The zero-order valence-corrected chi connectivity index (χ0v) is 9.09. The molecule has 0 saturated carbocycles. The van der Waals surface area contributed by atoms with Crippen LogP contribution in [0.3, 0.4) is 0 Å². The lowest BCUT2D eigenvalue weighted by molar-refractivity contribution is -0.147. The Morgan fingerprint density at radius 3 is 2.46 bits per heavy atom. The van der Waals surface area contributed by atoms with E-state index in [0.29, 0.717) is 12.5 Å². The van der Waals surface area contributed by atoms with Gasteiger partial charge in [-0.25, -0.2) is 0 Å². The topological polar surface area (TPSA) is 38.3 Å². The molecule has 0 bridgehead atoms. The fourth-order valence-electron chi connectivity index (χ4n) is 0.812. The van der Waals surface area contributed by atoms with E-state index in [9.17, 15) is 4.79 Å². The molecule has 78 valence electrons. The molecule has 1 unspecified atom stereocenters. The maximum Gasteiger partial charge on any atom is 0.320 e. The summed E-state index contributed by atoms with van der Waals surface area (Å²) in [5.41, 5.74) is 0. The molecule has 0 saturated heterocycles. The number of ether oxygens (including phenoxy) is 1. The molecular formula is C10H21NO2. The van der Waals surface area contributed by atoms with E-state index in [2.05, 4.69) is 19.2 Å². The smallest absolute Gasteiger partial charge is 0.320 e. The van der Waals surface area contributed by atoms with Crippen molar-refractivity contribution in [2.75, 3.05) is 13.1 Å². The monoisotopic (exact) mass is 187 g/mol. The first-order valence-corrected chi connectivity index (χ1v) is 4.96. The van der Waals surface area contributed by atoms with Gasteiger partial charge in [-0.3, -0.25) is 4.79 Å². The van der Waals surface area contributed by atoms with Crippen molar-refractivity contribution in [3.05, 3.63) is 0 Å². The van der Waals surface area contributed by atoms with E-state index in [4.69, 9.17) is 4.74 Å². The third kappa shape index (κ3) is 7.78. The average molecular weight is 187 g/mol. The Bertz CT molecular complexity index is 146. The van der Waals surface area contributed by atoms with Crippen LogP contribution in [-0.4, -0.2) is 25.2 Å². The SMILES string of the molecule is CCC(C)OC(=O)CNCC(C)C. The molecule has 0 aliphatic rings. The summed E-state index contributed by atoms with van der Waals surface area (Å²) in [6.07, 6.45) is 0.906. The molecule has 0 aromatic carbocycles. The summed E-state index contributed by atoms with van der Waals surface area (Å²) in [6, 6.07) is 0. The maximum absolute atomic E-state index is 11.1. The van der Waals surface area contributed by atoms with E-state index < -0.39 is 0 Å². The number of nitrogens with one attached hydrogen (secondary N) is 1. The van der Waals surface area contributed by atoms with E-state index in [0.717, 1.165) is 13.0 Å². The normalized spacial score (nSPS) is 13.0. The molecule has 1 atom stereocenters. The predicted octanol–water partition coefficient (Wildman–Crippen LogP) is 1.57. The van der Waals surface area contributed by atoms with Gasteiger partial charge in [0.15, 0.2) is 0 Å². The molecule has 0 aromatic heterocycles. The molecule has 0 spiro atoms. The van der Waals surface area contributed by atoms with E-state index in [1.54, 1.807) is 0 Å². The Kier molecular flexibility index (Phi) is 6.59. The number of hydrogen-bond donors (Lipinski definition) is 1. The van der Waals surface area contributed by atoms with Crippen molar-refractivity contribution < 1.29 is 9.53 Å². The molecule has 1 N–H and O–H groups in total. The second kappa shape index (κ2) is 6.89. The highest BCUT2D eigenvalue weighted by atomic mass is 16.5. The van der Waals surface area contributed by atoms with Gasteiger partial charge < -0.3 is 10.1 Å². The molecule has 0 radical (unpaired) electrons. The van der Waals surface area contributed by atoms with E-state index in [-0.39, 0.29) is 12.1 Å². The molecule has 0 aliphatic carbocycles. The molecule has 0 fully saturated rings. The van der Waals surface area contributed by atoms with Crippen molar-refractivity contribution in [1.82, 2.24) is 5.32 Å². The summed E-state index contributed by atoms with van der Waals surface area (Å²) in [4.78, 5) is 11.1. The number of esters is 1. The summed E-state index contributed by atoms with van der Waals surface area (Å²) in [6.45, 7) is 9.29. The fraction of sp³-hybridized carbons (Fsp3) is 0.900. The van der Waals surface area contributed by atoms with Gasteiger partial charge in [0, 0.05) is 0 Å². The van der Waals surface area contributed by atoms with Crippen molar-refractivity contribution in [2.45, 2.75) is 40.2 Å². The van der Waals surface area contributed by atoms with Crippen LogP contribution in [0.4, 0.5) is 0 Å². The van der Waals surface area contributed by atoms with Crippen molar-refractivity contribution >= 4 is 5.97 Å². The van der Waals surface area contributed by atoms with Crippen LogP contribution in [0.2, 0.25) is 0 Å². The Morgan fingerprint density at radius 2 is 2.00 bits per heavy atom. The quantitative estimate of drug-likeness (QED) is 0.641. The Morgan fingerprint density at radius 1 is 1.38 bits per heavy atom. The van der Waals surface area contributed by atoms with Gasteiger partial charge in [-0.1, -0.05) is 20.8 Å². The first-order chi connectivity index (χ1) is 6.06. The highest BCUT2D eigenvalue weighted by Gasteiger charge is 2.06. The lowest BCUT2D eigenvalue weighted by Gasteiger charge is -2.11. The van der Waals surface area contributed by atoms with Crippen molar-refractivity contribution in [3.63, 3.8) is 0 Å². The molecule has 0 heterocycles. The van der Waals surface area contributed by atoms with Gasteiger partial charge in [-0.2, -0.15) is 0 Å². The van der Waals surface area contributed by atoms with E-state index in [1.807, 2.05) is 13.8 Å². The molecule has 0 rings (SSSR count). The summed E-state index contributed by atoms with van der Waals surface area (Å²) in [7, 11) is 0. The minimum atomic E-state index is -0.157. The van der Waals surface area contributed by atoms with Gasteiger partial charge >= 0.3 is 5.97 Å². The summed E-state index contributed by atoms with van der Waals surface area (Å²) in [5, 5.41) is 3.04. The Labute approximate surface area is 80.8 Å². The van der Waals surface area contributed by atoms with Gasteiger partial charge in [0.2, 0.25) is 0 Å². The van der Waals surface area contributed by atoms with Crippen molar-refractivity contribution in [1.29, 1.82) is 0 Å². The zero-order chi connectivity index (χ0) is 10.3. The number of carbonyl (C=O) groups excluding carboxylic acids is 1. The molecular weight excluding hydrogens is 166 g/mol. The second-order valence-electron chi connectivity index (χ2n) is 3.73. The minimum Gasteiger partial charge on any atom is -0.462 e. The minimum absolute atomic E-state index is 0.0355. The predicted molar refractivity (Wildman–Crippen MR) is 53.6 cm³/mol. The fourth-order valence-corrected chi connectivity index (χ4v) is 0.812. The third-order valence-corrected chi connectivity index (χ3v) is 1.73. The van der Waals surface area contributed by atoms with Gasteiger partial charge in [0.25, 0.3) is 0 Å².